The predicted octanol–water partition coefficient (Wildman–Crippen LogP) is 7.10. The van der Waals surface area contributed by atoms with E-state index in [1.807, 2.05) is 18.2 Å². The van der Waals surface area contributed by atoms with E-state index < -0.39 is 0 Å². The van der Waals surface area contributed by atoms with Gasteiger partial charge in [0.2, 0.25) is 0 Å². The van der Waals surface area contributed by atoms with Crippen LogP contribution in [0.15, 0.2) is 97.6 Å². The molecule has 4 aromatic carbocycles. The fraction of sp³-hybridized carbons (Fsp3) is 0.0370. The Hall–Kier alpha value is -3.78. The number of aromatic nitrogens is 1. The Labute approximate surface area is 170 Å². The Balaban J connectivity index is 1.74. The smallest absolute Gasteiger partial charge is 0.119 e. The summed E-state index contributed by atoms with van der Waals surface area (Å²) in [5.74, 6) is 0.861. The minimum Gasteiger partial charge on any atom is -0.497 e. The van der Waals surface area contributed by atoms with Crippen molar-refractivity contribution in [2.45, 2.75) is 0 Å². The van der Waals surface area contributed by atoms with Gasteiger partial charge in [-0.15, -0.1) is 0 Å². The molecule has 5 aromatic rings. The number of rotatable bonds is 4. The van der Waals surface area contributed by atoms with Gasteiger partial charge in [0, 0.05) is 16.5 Å². The maximum absolute atomic E-state index is 5.33. The van der Waals surface area contributed by atoms with Crippen molar-refractivity contribution < 1.29 is 4.74 Å². The molecule has 0 N–H and O–H groups in total. The molecule has 0 amide bonds. The molecular formula is C27H21NO. The Morgan fingerprint density at radius 2 is 1.41 bits per heavy atom. The molecule has 0 saturated carbocycles. The van der Waals surface area contributed by atoms with Gasteiger partial charge in [-0.1, -0.05) is 61.2 Å². The highest BCUT2D eigenvalue weighted by molar-refractivity contribution is 6.10. The molecule has 5 rings (SSSR count). The minimum absolute atomic E-state index is 0.861. The van der Waals surface area contributed by atoms with E-state index in [0.29, 0.717) is 0 Å². The number of benzene rings is 4. The fourth-order valence-electron chi connectivity index (χ4n) is 3.97. The molecule has 0 fully saturated rings. The molecule has 0 unspecified atom stereocenters. The number of ether oxygens (including phenoxy) is 1. The number of fused-ring (bicyclic) bond motifs is 3. The highest BCUT2D eigenvalue weighted by Gasteiger charge is 2.13. The molecule has 0 spiro atoms. The van der Waals surface area contributed by atoms with Gasteiger partial charge in [-0.25, -0.2) is 0 Å². The van der Waals surface area contributed by atoms with Crippen LogP contribution in [0.2, 0.25) is 0 Å². The van der Waals surface area contributed by atoms with Crippen molar-refractivity contribution in [1.29, 1.82) is 0 Å². The van der Waals surface area contributed by atoms with Crippen LogP contribution >= 0.6 is 0 Å². The van der Waals surface area contributed by atoms with Crippen molar-refractivity contribution in [3.8, 4) is 22.6 Å². The first-order valence-corrected chi connectivity index (χ1v) is 9.69. The number of nitrogens with zero attached hydrogens (tertiary/aromatic N) is 1. The average molecular weight is 375 g/mol. The first-order chi connectivity index (χ1) is 14.3. The van der Waals surface area contributed by atoms with Crippen LogP contribution in [-0.2, 0) is 0 Å². The molecule has 140 valence electrons. The predicted molar refractivity (Wildman–Crippen MR) is 123 cm³/mol. The Kier molecular flexibility index (Phi) is 4.18. The molecule has 29 heavy (non-hydrogen) atoms. The molecular weight excluding hydrogens is 354 g/mol. The topological polar surface area (TPSA) is 14.2 Å². The van der Waals surface area contributed by atoms with E-state index >= 15 is 0 Å². The summed E-state index contributed by atoms with van der Waals surface area (Å²) in [4.78, 5) is 0. The molecule has 1 heterocycles. The number of hydrogen-bond acceptors (Lipinski definition) is 1. The van der Waals surface area contributed by atoms with Gasteiger partial charge in [-0.3, -0.25) is 0 Å². The summed E-state index contributed by atoms with van der Waals surface area (Å²) in [6, 6.07) is 32.0. The van der Waals surface area contributed by atoms with Crippen LogP contribution < -0.4 is 4.74 Å². The van der Waals surface area contributed by atoms with Crippen molar-refractivity contribution in [2.24, 2.45) is 0 Å². The monoisotopic (exact) mass is 375 g/mol. The lowest BCUT2D eigenvalue weighted by molar-refractivity contribution is 0.415. The summed E-state index contributed by atoms with van der Waals surface area (Å²) >= 11 is 0. The summed E-state index contributed by atoms with van der Waals surface area (Å²) in [5.41, 5.74) is 7.07. The van der Waals surface area contributed by atoms with E-state index in [9.17, 15) is 0 Å². The van der Waals surface area contributed by atoms with Crippen LogP contribution in [0.5, 0.6) is 5.75 Å². The molecule has 0 atom stereocenters. The van der Waals surface area contributed by atoms with Gasteiger partial charge in [0.05, 0.1) is 18.1 Å². The Morgan fingerprint density at radius 3 is 2.14 bits per heavy atom. The third-order valence-electron chi connectivity index (χ3n) is 5.48. The molecule has 0 aliphatic heterocycles. The molecule has 0 saturated heterocycles. The second-order valence-electron chi connectivity index (χ2n) is 7.11. The van der Waals surface area contributed by atoms with Crippen LogP contribution in [0.1, 0.15) is 5.56 Å². The molecule has 2 heteroatoms. The number of para-hydroxylation sites is 1. The first kappa shape index (κ1) is 17.3. The van der Waals surface area contributed by atoms with Gasteiger partial charge in [-0.2, -0.15) is 0 Å². The third-order valence-corrected chi connectivity index (χ3v) is 5.48. The second-order valence-corrected chi connectivity index (χ2v) is 7.11. The molecule has 0 aliphatic carbocycles. The van der Waals surface area contributed by atoms with E-state index in [4.69, 9.17) is 4.74 Å². The SMILES string of the molecule is C=Cc1ccc(-c2ccc3c(c2)c2ccccc2n3-c2ccc(OC)cc2)cc1. The van der Waals surface area contributed by atoms with Gasteiger partial charge in [0.25, 0.3) is 0 Å². The van der Waals surface area contributed by atoms with Gasteiger partial charge in [0.15, 0.2) is 0 Å². The zero-order chi connectivity index (χ0) is 19.8. The van der Waals surface area contributed by atoms with E-state index in [2.05, 4.69) is 90.0 Å². The Bertz CT molecular complexity index is 1330. The standard InChI is InChI=1S/C27H21NO/c1-3-19-8-10-20(11-9-19)21-12-17-27-25(18-21)24-6-4-5-7-26(24)28(27)22-13-15-23(29-2)16-14-22/h3-18H,1H2,2H3. The van der Waals surface area contributed by atoms with Crippen molar-refractivity contribution in [3.05, 3.63) is 103 Å². The van der Waals surface area contributed by atoms with Crippen LogP contribution in [0.25, 0.3) is 44.7 Å². The van der Waals surface area contributed by atoms with Crippen molar-refractivity contribution in [1.82, 2.24) is 4.57 Å². The highest BCUT2D eigenvalue weighted by Crippen LogP contribution is 2.35. The molecule has 0 aliphatic rings. The highest BCUT2D eigenvalue weighted by atomic mass is 16.5. The number of methoxy groups -OCH3 is 1. The molecule has 0 radical (unpaired) electrons. The van der Waals surface area contributed by atoms with Gasteiger partial charge >= 0.3 is 0 Å². The zero-order valence-electron chi connectivity index (χ0n) is 16.3. The van der Waals surface area contributed by atoms with Crippen molar-refractivity contribution >= 4 is 27.9 Å². The van der Waals surface area contributed by atoms with Gasteiger partial charge < -0.3 is 9.30 Å². The van der Waals surface area contributed by atoms with Crippen molar-refractivity contribution in [2.75, 3.05) is 7.11 Å². The molecule has 2 nitrogen and oxygen atoms in total. The van der Waals surface area contributed by atoms with E-state index in [1.54, 1.807) is 7.11 Å². The largest absolute Gasteiger partial charge is 0.497 e. The van der Waals surface area contributed by atoms with Gasteiger partial charge in [-0.05, 0) is 59.2 Å². The third kappa shape index (κ3) is 2.90. The van der Waals surface area contributed by atoms with E-state index in [1.165, 1.54) is 32.9 Å². The first-order valence-electron chi connectivity index (χ1n) is 9.69. The summed E-state index contributed by atoms with van der Waals surface area (Å²) in [6.45, 7) is 3.84. The molecule has 0 bridgehead atoms. The number of hydrogen-bond donors (Lipinski definition) is 0. The normalized spacial score (nSPS) is 11.1. The lowest BCUT2D eigenvalue weighted by Gasteiger charge is -2.09. The van der Waals surface area contributed by atoms with E-state index in [0.717, 1.165) is 17.0 Å². The summed E-state index contributed by atoms with van der Waals surface area (Å²) in [7, 11) is 1.69. The maximum Gasteiger partial charge on any atom is 0.119 e. The lowest BCUT2D eigenvalue weighted by Crippen LogP contribution is -1.94. The summed E-state index contributed by atoms with van der Waals surface area (Å²) in [6.07, 6.45) is 1.87. The Morgan fingerprint density at radius 1 is 0.724 bits per heavy atom. The van der Waals surface area contributed by atoms with E-state index in [-0.39, 0.29) is 0 Å². The fourth-order valence-corrected chi connectivity index (χ4v) is 3.97. The second kappa shape index (κ2) is 6.99. The van der Waals surface area contributed by atoms with Gasteiger partial charge in [0.1, 0.15) is 5.75 Å². The zero-order valence-corrected chi connectivity index (χ0v) is 16.3. The van der Waals surface area contributed by atoms with Crippen LogP contribution in [0, 0.1) is 0 Å². The van der Waals surface area contributed by atoms with Crippen LogP contribution in [-0.4, -0.2) is 11.7 Å². The van der Waals surface area contributed by atoms with Crippen LogP contribution in [0.3, 0.4) is 0 Å². The quantitative estimate of drug-likeness (QED) is 0.327. The summed E-state index contributed by atoms with van der Waals surface area (Å²) < 4.78 is 7.64. The minimum atomic E-state index is 0.861. The lowest BCUT2D eigenvalue weighted by atomic mass is 10.0. The van der Waals surface area contributed by atoms with Crippen LogP contribution in [0.4, 0.5) is 0 Å². The average Bonchev–Trinajstić information content (AvgIpc) is 3.13. The maximum atomic E-state index is 5.33. The van der Waals surface area contributed by atoms with Crippen molar-refractivity contribution in [3.63, 3.8) is 0 Å². The molecule has 1 aromatic heterocycles. The summed E-state index contributed by atoms with van der Waals surface area (Å²) in [5, 5.41) is 2.50.